The van der Waals surface area contributed by atoms with Gasteiger partial charge in [-0.15, -0.1) is 0 Å². The Kier molecular flexibility index (Phi) is 9.76. The van der Waals surface area contributed by atoms with Gasteiger partial charge in [0.15, 0.2) is 5.60 Å². The summed E-state index contributed by atoms with van der Waals surface area (Å²) in [7, 11) is -0.793. The second-order valence-electron chi connectivity index (χ2n) is 16.1. The molecule has 0 aromatic heterocycles. The number of carbonyl (C=O) groups excluding carboxylic acids is 2. The van der Waals surface area contributed by atoms with E-state index >= 15 is 4.79 Å². The molecule has 292 valence electrons. The first-order chi connectivity index (χ1) is 27.0. The number of para-hydroxylation sites is 1. The molecule has 0 saturated carbocycles. The number of nitrogens with one attached hydrogen (secondary N) is 1. The van der Waals surface area contributed by atoms with Crippen molar-refractivity contribution in [2.45, 2.75) is 68.6 Å². The number of rotatable bonds is 10. The Bertz CT molecular complexity index is 2130. The Morgan fingerprint density at radius 3 is 2.29 bits per heavy atom. The van der Waals surface area contributed by atoms with Gasteiger partial charge in [0, 0.05) is 41.6 Å². The number of hydrogen-bond donors (Lipinski definition) is 2. The van der Waals surface area contributed by atoms with E-state index in [9.17, 15) is 20.0 Å². The smallest absolute Gasteiger partial charge is 0.269 e. The van der Waals surface area contributed by atoms with E-state index in [4.69, 9.17) is 9.47 Å². The van der Waals surface area contributed by atoms with Crippen LogP contribution in [-0.2, 0) is 26.5 Å². The van der Waals surface area contributed by atoms with Crippen LogP contribution >= 0.6 is 0 Å². The largest absolute Gasteiger partial charge is 0.497 e. The highest BCUT2D eigenvalue weighted by atomic mass is 28.3. The molecule has 4 atom stereocenters. The Morgan fingerprint density at radius 2 is 1.64 bits per heavy atom. The summed E-state index contributed by atoms with van der Waals surface area (Å²) in [5.41, 5.74) is 1.39. The predicted molar refractivity (Wildman–Crippen MR) is 218 cm³/mol. The van der Waals surface area contributed by atoms with Gasteiger partial charge in [0.2, 0.25) is 0 Å². The first-order valence-corrected chi connectivity index (χ1v) is 22.5. The molecular formula is C43H49N5O7Si. The highest BCUT2D eigenvalue weighted by Gasteiger charge is 2.66. The lowest BCUT2D eigenvalue weighted by atomic mass is 9.82. The van der Waals surface area contributed by atoms with E-state index < -0.39 is 30.2 Å². The van der Waals surface area contributed by atoms with E-state index in [2.05, 4.69) is 47.6 Å². The number of nitro benzene ring substituents is 1. The molecule has 12 nitrogen and oxygen atoms in total. The number of anilines is 3. The van der Waals surface area contributed by atoms with Crippen molar-refractivity contribution < 1.29 is 29.1 Å². The molecule has 2 amide bonds. The summed E-state index contributed by atoms with van der Waals surface area (Å²) in [4.78, 5) is 46.8. The van der Waals surface area contributed by atoms with Crippen molar-refractivity contribution in [3.8, 4) is 5.75 Å². The lowest BCUT2D eigenvalue weighted by molar-refractivity contribution is -0.385. The van der Waals surface area contributed by atoms with Crippen LogP contribution < -0.4 is 29.9 Å². The van der Waals surface area contributed by atoms with Gasteiger partial charge in [0.1, 0.15) is 11.3 Å². The summed E-state index contributed by atoms with van der Waals surface area (Å²) in [6, 6.07) is 30.5. The van der Waals surface area contributed by atoms with Gasteiger partial charge in [-0.1, -0.05) is 67.7 Å². The zero-order valence-corrected chi connectivity index (χ0v) is 33.3. The molecule has 0 unspecified atom stereocenters. The summed E-state index contributed by atoms with van der Waals surface area (Å²) >= 11 is 0. The number of hydrogen-bond acceptors (Lipinski definition) is 9. The number of ether oxygens (including phenoxy) is 2. The predicted octanol–water partition coefficient (Wildman–Crippen LogP) is 5.68. The molecule has 4 aromatic carbocycles. The van der Waals surface area contributed by atoms with E-state index in [0.29, 0.717) is 37.2 Å². The van der Waals surface area contributed by atoms with Crippen LogP contribution in [0.5, 0.6) is 5.75 Å². The molecule has 4 aliphatic rings. The Balaban J connectivity index is 1.12. The molecule has 4 aliphatic heterocycles. The fourth-order valence-corrected chi connectivity index (χ4v) is 14.2. The normalized spacial score (nSPS) is 24.4. The number of nitro groups is 1. The van der Waals surface area contributed by atoms with Crippen LogP contribution in [0, 0.1) is 16.0 Å². The van der Waals surface area contributed by atoms with Crippen LogP contribution in [0.1, 0.15) is 37.3 Å². The van der Waals surface area contributed by atoms with E-state index in [-0.39, 0.29) is 42.1 Å². The first kappa shape index (κ1) is 37.8. The van der Waals surface area contributed by atoms with Gasteiger partial charge in [-0.2, -0.15) is 0 Å². The topological polar surface area (TPSA) is 138 Å². The van der Waals surface area contributed by atoms with E-state index in [1.165, 1.54) is 12.1 Å². The molecule has 56 heavy (non-hydrogen) atoms. The molecule has 0 radical (unpaired) electrons. The van der Waals surface area contributed by atoms with E-state index in [0.717, 1.165) is 41.0 Å². The van der Waals surface area contributed by atoms with Crippen molar-refractivity contribution in [3.05, 3.63) is 118 Å². The minimum absolute atomic E-state index is 0.0864. The van der Waals surface area contributed by atoms with Crippen LogP contribution in [0.25, 0.3) is 0 Å². The maximum Gasteiger partial charge on any atom is 0.269 e. The van der Waals surface area contributed by atoms with Crippen LogP contribution in [0.4, 0.5) is 22.7 Å². The Hall–Kier alpha value is -5.08. The Labute approximate surface area is 328 Å². The third kappa shape index (κ3) is 5.90. The zero-order chi connectivity index (χ0) is 39.4. The number of non-ortho nitro benzene ring substituents is 1. The number of piperidine rings is 1. The van der Waals surface area contributed by atoms with Crippen molar-refractivity contribution >= 4 is 47.8 Å². The molecule has 8 rings (SSSR count). The number of aliphatic hydroxyl groups is 1. The monoisotopic (exact) mass is 775 g/mol. The molecule has 3 fully saturated rings. The lowest BCUT2D eigenvalue weighted by Crippen LogP contribution is -2.55. The minimum atomic E-state index is -2.42. The second-order valence-corrected chi connectivity index (χ2v) is 20.8. The minimum Gasteiger partial charge on any atom is -0.497 e. The van der Waals surface area contributed by atoms with Crippen molar-refractivity contribution in [1.82, 2.24) is 5.32 Å². The average molecular weight is 776 g/mol. The zero-order valence-electron chi connectivity index (χ0n) is 32.3. The van der Waals surface area contributed by atoms with Crippen molar-refractivity contribution in [2.24, 2.45) is 5.92 Å². The fourth-order valence-electron chi connectivity index (χ4n) is 10.1. The number of aliphatic hydroxyl groups excluding tert-OH is 1. The van der Waals surface area contributed by atoms with Gasteiger partial charge in [-0.05, 0) is 85.9 Å². The molecule has 4 heterocycles. The molecule has 4 aromatic rings. The number of amides is 2. The number of methoxy groups -OCH3 is 1. The van der Waals surface area contributed by atoms with Gasteiger partial charge in [0.05, 0.1) is 45.1 Å². The molecule has 13 heteroatoms. The van der Waals surface area contributed by atoms with Crippen LogP contribution in [0.15, 0.2) is 97.1 Å². The SMILES string of the molecule is COc1ccc([Si](C)(C)[C@H]2[C@H](CCO)O[C@@]3(C(=O)N(Cc4ccc(N5CN(c6ccccc6)C6(CCNCC6)C5=O)cc4)c4ccc([N+](=O)[O-])cc43)[C@@H]2C)cc1. The summed E-state index contributed by atoms with van der Waals surface area (Å²) in [6.45, 7) is 8.59. The molecule has 2 N–H and O–H groups in total. The number of carbonyl (C=O) groups is 2. The molecule has 0 bridgehead atoms. The van der Waals surface area contributed by atoms with Gasteiger partial charge in [-0.3, -0.25) is 24.6 Å². The number of nitrogens with zero attached hydrogens (tertiary/aromatic N) is 4. The van der Waals surface area contributed by atoms with Gasteiger partial charge < -0.3 is 29.7 Å². The standard InChI is InChI=1S/C43H49N5O7Si/c1-29-39(56(3,4)35-17-15-34(54-2)16-18-35)38(20-25-49)55-43(29)36-26-33(48(52)53)14-19-37(36)45(41(43)51)27-30-10-12-31(13-11-30)46-28-47(32-8-6-5-7-9-32)42(40(46)50)21-23-44-24-22-42/h5-19,26,29,38-39,44,49H,20-25,27-28H2,1-4H3/t29-,38+,39-,43+/m1/s1. The number of fused-ring (bicyclic) bond motifs is 2. The van der Waals surface area contributed by atoms with Crippen LogP contribution in [0.2, 0.25) is 18.6 Å². The Morgan fingerprint density at radius 1 is 0.946 bits per heavy atom. The third-order valence-electron chi connectivity index (χ3n) is 13.0. The quantitative estimate of drug-likeness (QED) is 0.118. The van der Waals surface area contributed by atoms with Gasteiger partial charge in [0.25, 0.3) is 17.5 Å². The van der Waals surface area contributed by atoms with Gasteiger partial charge in [-0.25, -0.2) is 0 Å². The van der Waals surface area contributed by atoms with Crippen molar-refractivity contribution in [3.63, 3.8) is 0 Å². The fraction of sp³-hybridized carbons (Fsp3) is 0.395. The first-order valence-electron chi connectivity index (χ1n) is 19.4. The maximum absolute atomic E-state index is 15.1. The summed E-state index contributed by atoms with van der Waals surface area (Å²) in [5, 5.41) is 27.0. The van der Waals surface area contributed by atoms with Gasteiger partial charge >= 0.3 is 0 Å². The molecule has 0 aliphatic carbocycles. The van der Waals surface area contributed by atoms with Crippen LogP contribution in [0.3, 0.4) is 0 Å². The highest BCUT2D eigenvalue weighted by Crippen LogP contribution is 2.60. The van der Waals surface area contributed by atoms with E-state index in [1.807, 2.05) is 66.4 Å². The molecule has 3 saturated heterocycles. The van der Waals surface area contributed by atoms with Crippen LogP contribution in [-0.4, -0.2) is 75.0 Å². The second kappa shape index (κ2) is 14.5. The van der Waals surface area contributed by atoms with E-state index in [1.54, 1.807) is 18.1 Å². The third-order valence-corrected chi connectivity index (χ3v) is 17.3. The maximum atomic E-state index is 15.1. The summed E-state index contributed by atoms with van der Waals surface area (Å²) in [5.74, 6) is 0.207. The molecular weight excluding hydrogens is 727 g/mol. The summed E-state index contributed by atoms with van der Waals surface area (Å²) < 4.78 is 12.4. The molecule has 2 spiro atoms. The summed E-state index contributed by atoms with van der Waals surface area (Å²) in [6.07, 6.45) is 1.31. The van der Waals surface area contributed by atoms with Crippen molar-refractivity contribution in [2.75, 3.05) is 48.2 Å². The lowest BCUT2D eigenvalue weighted by Gasteiger charge is -2.39. The average Bonchev–Trinajstić information content (AvgIpc) is 3.76. The van der Waals surface area contributed by atoms with Crippen molar-refractivity contribution in [1.29, 1.82) is 0 Å². The number of benzene rings is 4. The highest BCUT2D eigenvalue weighted by molar-refractivity contribution is 6.91.